The van der Waals surface area contributed by atoms with Crippen molar-refractivity contribution < 1.29 is 19.2 Å². The largest absolute Gasteiger partial charge is 0.494 e. The van der Waals surface area contributed by atoms with Crippen LogP contribution in [0, 0.1) is 17.0 Å². The molecular formula is C22H22N4O5S. The van der Waals surface area contributed by atoms with E-state index in [2.05, 4.69) is 16.9 Å². The normalized spacial score (nSPS) is 16.8. The van der Waals surface area contributed by atoms with Gasteiger partial charge in [0.25, 0.3) is 5.69 Å². The fourth-order valence-corrected chi connectivity index (χ4v) is 4.26. The molecule has 0 spiro atoms. The van der Waals surface area contributed by atoms with Crippen molar-refractivity contribution in [2.24, 2.45) is 4.99 Å². The third-order valence-corrected chi connectivity index (χ3v) is 5.77. The number of nitro benzene ring substituents is 1. The van der Waals surface area contributed by atoms with Crippen LogP contribution in [-0.2, 0) is 9.59 Å². The van der Waals surface area contributed by atoms with Crippen LogP contribution in [0.5, 0.6) is 5.75 Å². The van der Waals surface area contributed by atoms with E-state index in [0.717, 1.165) is 11.3 Å². The van der Waals surface area contributed by atoms with E-state index in [4.69, 9.17) is 4.74 Å². The van der Waals surface area contributed by atoms with E-state index < -0.39 is 16.1 Å². The number of aryl methyl sites for hydroxylation is 1. The minimum Gasteiger partial charge on any atom is -0.494 e. The summed E-state index contributed by atoms with van der Waals surface area (Å²) < 4.78 is 5.14. The van der Waals surface area contributed by atoms with Crippen LogP contribution in [0.1, 0.15) is 12.0 Å². The number of benzene rings is 2. The van der Waals surface area contributed by atoms with Crippen LogP contribution in [0.4, 0.5) is 17.1 Å². The Bertz CT molecular complexity index is 1100. The fraction of sp³-hybridized carbons (Fsp3) is 0.227. The highest BCUT2D eigenvalue weighted by molar-refractivity contribution is 8.15. The monoisotopic (exact) mass is 454 g/mol. The summed E-state index contributed by atoms with van der Waals surface area (Å²) in [6.45, 7) is 5.93. The minimum absolute atomic E-state index is 0.0931. The van der Waals surface area contributed by atoms with Crippen molar-refractivity contribution in [3.63, 3.8) is 0 Å². The number of nitrogens with zero attached hydrogens (tertiary/aromatic N) is 3. The molecule has 1 aliphatic heterocycles. The number of aliphatic imine (C=N–C) groups is 1. The van der Waals surface area contributed by atoms with Gasteiger partial charge in [0.15, 0.2) is 5.17 Å². The average Bonchev–Trinajstić information content (AvgIpc) is 3.03. The van der Waals surface area contributed by atoms with Gasteiger partial charge in [-0.3, -0.25) is 24.6 Å². The molecule has 0 aliphatic carbocycles. The number of hydrogen-bond acceptors (Lipinski definition) is 7. The number of anilines is 1. The van der Waals surface area contributed by atoms with Crippen molar-refractivity contribution in [1.29, 1.82) is 0 Å². The SMILES string of the molecule is C=CCN1C(=O)C(CC(=O)Nc2ccc([N+](=O)[O-])cc2OC)SC1=Nc1cccc(C)c1. The van der Waals surface area contributed by atoms with Crippen LogP contribution in [-0.4, -0.2) is 45.7 Å². The number of non-ortho nitro benzene ring substituents is 1. The first-order valence-electron chi connectivity index (χ1n) is 9.69. The van der Waals surface area contributed by atoms with Crippen LogP contribution >= 0.6 is 11.8 Å². The zero-order chi connectivity index (χ0) is 23.3. The molecule has 32 heavy (non-hydrogen) atoms. The molecule has 3 rings (SSSR count). The lowest BCUT2D eigenvalue weighted by atomic mass is 10.2. The fourth-order valence-electron chi connectivity index (χ4n) is 3.10. The predicted octanol–water partition coefficient (Wildman–Crippen LogP) is 4.06. The Morgan fingerprint density at radius 3 is 2.81 bits per heavy atom. The topological polar surface area (TPSA) is 114 Å². The van der Waals surface area contributed by atoms with E-state index in [-0.39, 0.29) is 36.0 Å². The first-order valence-corrected chi connectivity index (χ1v) is 10.6. The van der Waals surface area contributed by atoms with Crippen LogP contribution in [0.25, 0.3) is 0 Å². The molecule has 2 aromatic rings. The number of nitro groups is 1. The highest BCUT2D eigenvalue weighted by Gasteiger charge is 2.38. The molecule has 0 radical (unpaired) electrons. The number of nitrogens with one attached hydrogen (secondary N) is 1. The number of carbonyl (C=O) groups excluding carboxylic acids is 2. The number of thioether (sulfide) groups is 1. The van der Waals surface area contributed by atoms with Gasteiger partial charge in [-0.25, -0.2) is 4.99 Å². The Morgan fingerprint density at radius 2 is 2.16 bits per heavy atom. The van der Waals surface area contributed by atoms with Crippen LogP contribution in [0.2, 0.25) is 0 Å². The molecule has 10 heteroatoms. The Labute approximate surface area is 189 Å². The first-order chi connectivity index (χ1) is 15.3. The maximum atomic E-state index is 12.9. The predicted molar refractivity (Wildman–Crippen MR) is 124 cm³/mol. The van der Waals surface area contributed by atoms with Crippen LogP contribution < -0.4 is 10.1 Å². The number of ether oxygens (including phenoxy) is 1. The summed E-state index contributed by atoms with van der Waals surface area (Å²) in [6.07, 6.45) is 1.51. The van der Waals surface area contributed by atoms with E-state index in [1.165, 1.54) is 42.0 Å². The van der Waals surface area contributed by atoms with E-state index in [1.54, 1.807) is 6.08 Å². The summed E-state index contributed by atoms with van der Waals surface area (Å²) in [4.78, 5) is 42.0. The quantitative estimate of drug-likeness (QED) is 0.366. The van der Waals surface area contributed by atoms with Gasteiger partial charge < -0.3 is 10.1 Å². The molecule has 1 heterocycles. The first kappa shape index (κ1) is 23.0. The van der Waals surface area contributed by atoms with E-state index in [9.17, 15) is 19.7 Å². The molecule has 1 unspecified atom stereocenters. The number of carbonyl (C=O) groups is 2. The number of amidine groups is 1. The molecule has 0 bridgehead atoms. The van der Waals surface area contributed by atoms with E-state index >= 15 is 0 Å². The Kier molecular flexibility index (Phi) is 7.26. The lowest BCUT2D eigenvalue weighted by molar-refractivity contribution is -0.384. The van der Waals surface area contributed by atoms with Crippen LogP contribution in [0.3, 0.4) is 0 Å². The lowest BCUT2D eigenvalue weighted by Gasteiger charge is -2.14. The summed E-state index contributed by atoms with van der Waals surface area (Å²) in [5, 5.41) is 13.5. The van der Waals surface area contributed by atoms with Crippen molar-refractivity contribution in [2.75, 3.05) is 19.0 Å². The van der Waals surface area contributed by atoms with Crippen LogP contribution in [0.15, 0.2) is 60.1 Å². The highest BCUT2D eigenvalue weighted by Crippen LogP contribution is 2.33. The zero-order valence-corrected chi connectivity index (χ0v) is 18.4. The molecule has 2 amide bonds. The van der Waals surface area contributed by atoms with Crippen molar-refractivity contribution in [3.8, 4) is 5.75 Å². The average molecular weight is 455 g/mol. The molecule has 1 N–H and O–H groups in total. The van der Waals surface area contributed by atoms with Gasteiger partial charge in [-0.05, 0) is 30.7 Å². The van der Waals surface area contributed by atoms with Crippen molar-refractivity contribution >= 4 is 45.8 Å². The van der Waals surface area contributed by atoms with Gasteiger partial charge in [0, 0.05) is 19.0 Å². The van der Waals surface area contributed by atoms with Gasteiger partial charge in [-0.1, -0.05) is 30.0 Å². The third-order valence-electron chi connectivity index (χ3n) is 4.60. The summed E-state index contributed by atoms with van der Waals surface area (Å²) in [5.74, 6) is -0.488. The maximum absolute atomic E-state index is 12.9. The van der Waals surface area contributed by atoms with Gasteiger partial charge in [-0.15, -0.1) is 6.58 Å². The summed E-state index contributed by atoms with van der Waals surface area (Å²) >= 11 is 1.22. The second-order valence-electron chi connectivity index (χ2n) is 6.97. The molecule has 0 saturated carbocycles. The molecule has 166 valence electrons. The standard InChI is InChI=1S/C22H22N4O5S/c1-4-10-25-21(28)19(32-22(25)23-15-7-5-6-14(2)11-15)13-20(27)24-17-9-8-16(26(29)30)12-18(17)31-3/h4-9,11-12,19H,1,10,13H2,2-3H3,(H,24,27). The third kappa shape index (κ3) is 5.33. The molecule has 1 saturated heterocycles. The second kappa shape index (κ2) is 10.1. The van der Waals surface area contributed by atoms with E-state index in [1.807, 2.05) is 31.2 Å². The van der Waals surface area contributed by atoms with Gasteiger partial charge in [0.05, 0.1) is 29.5 Å². The molecule has 9 nitrogen and oxygen atoms in total. The molecule has 0 aromatic heterocycles. The second-order valence-corrected chi connectivity index (χ2v) is 8.14. The number of methoxy groups -OCH3 is 1. The molecule has 2 aromatic carbocycles. The maximum Gasteiger partial charge on any atom is 0.273 e. The molecule has 1 atom stereocenters. The molecular weight excluding hydrogens is 432 g/mol. The van der Waals surface area contributed by atoms with Crippen molar-refractivity contribution in [1.82, 2.24) is 4.90 Å². The van der Waals surface area contributed by atoms with Gasteiger partial charge in [0.2, 0.25) is 11.8 Å². The van der Waals surface area contributed by atoms with Gasteiger partial charge >= 0.3 is 0 Å². The minimum atomic E-state index is -0.650. The Morgan fingerprint density at radius 1 is 1.38 bits per heavy atom. The highest BCUT2D eigenvalue weighted by atomic mass is 32.2. The summed E-state index contributed by atoms with van der Waals surface area (Å²) in [5.41, 5.74) is 1.90. The number of amides is 2. The molecule has 1 aliphatic rings. The van der Waals surface area contributed by atoms with Gasteiger partial charge in [-0.2, -0.15) is 0 Å². The summed E-state index contributed by atoms with van der Waals surface area (Å²) in [6, 6.07) is 11.5. The smallest absolute Gasteiger partial charge is 0.273 e. The number of hydrogen-bond donors (Lipinski definition) is 1. The summed E-state index contributed by atoms with van der Waals surface area (Å²) in [7, 11) is 1.35. The van der Waals surface area contributed by atoms with Gasteiger partial charge in [0.1, 0.15) is 11.0 Å². The van der Waals surface area contributed by atoms with Crippen molar-refractivity contribution in [2.45, 2.75) is 18.6 Å². The number of rotatable bonds is 8. The van der Waals surface area contributed by atoms with E-state index in [0.29, 0.717) is 5.17 Å². The molecule has 1 fully saturated rings. The zero-order valence-electron chi connectivity index (χ0n) is 17.6. The lowest BCUT2D eigenvalue weighted by Crippen LogP contribution is -2.33. The Hall–Kier alpha value is -3.66. The Balaban J connectivity index is 1.75. The van der Waals surface area contributed by atoms with Crippen molar-refractivity contribution in [3.05, 3.63) is 70.8 Å².